The Balaban J connectivity index is 0. The molecule has 0 unspecified atom stereocenters. The number of rotatable bonds is 1. The van der Waals surface area contributed by atoms with Crippen LogP contribution in [-0.2, 0) is 0 Å². The van der Waals surface area contributed by atoms with Crippen molar-refractivity contribution in [3.63, 3.8) is 0 Å². The van der Waals surface area contributed by atoms with Crippen LogP contribution < -0.4 is 0 Å². The van der Waals surface area contributed by atoms with Gasteiger partial charge in [0.15, 0.2) is 2.14 Å². The first kappa shape index (κ1) is 14.0. The van der Waals surface area contributed by atoms with Gasteiger partial charge in [0.25, 0.3) is 0 Å². The van der Waals surface area contributed by atoms with E-state index in [-0.39, 0.29) is 6.61 Å². The number of halogens is 3. The topological polar surface area (TPSA) is 20.2 Å². The molecule has 0 saturated heterocycles. The van der Waals surface area contributed by atoms with E-state index in [4.69, 9.17) is 5.11 Å². The molecule has 0 spiro atoms. The SMILES string of the molecule is CCCC.OCC(Br)(Br)Br. The maximum atomic E-state index is 8.26. The fraction of sp³-hybridized carbons (Fsp3) is 1.00. The van der Waals surface area contributed by atoms with Crippen LogP contribution in [0.1, 0.15) is 26.7 Å². The molecule has 0 aliphatic carbocycles. The number of aliphatic hydroxyl groups is 1. The number of hydrogen-bond acceptors (Lipinski definition) is 1. The van der Waals surface area contributed by atoms with Crippen molar-refractivity contribution in [2.24, 2.45) is 0 Å². The lowest BCUT2D eigenvalue weighted by molar-refractivity contribution is 0.313. The van der Waals surface area contributed by atoms with Crippen LogP contribution in [0.25, 0.3) is 0 Å². The predicted molar refractivity (Wildman–Crippen MR) is 57.2 cm³/mol. The van der Waals surface area contributed by atoms with Crippen molar-refractivity contribution in [2.45, 2.75) is 28.8 Å². The minimum atomic E-state index is -0.465. The molecule has 10 heavy (non-hydrogen) atoms. The Labute approximate surface area is 88.0 Å². The van der Waals surface area contributed by atoms with Gasteiger partial charge in [-0.2, -0.15) is 0 Å². The molecule has 0 bridgehead atoms. The van der Waals surface area contributed by atoms with Crippen molar-refractivity contribution in [1.29, 1.82) is 0 Å². The van der Waals surface area contributed by atoms with E-state index in [1.807, 2.05) is 0 Å². The third-order valence-corrected chi connectivity index (χ3v) is 1.43. The van der Waals surface area contributed by atoms with Crippen molar-refractivity contribution < 1.29 is 5.11 Å². The number of alkyl halides is 3. The monoisotopic (exact) mass is 338 g/mol. The van der Waals surface area contributed by atoms with E-state index in [2.05, 4.69) is 61.6 Å². The van der Waals surface area contributed by atoms with Gasteiger partial charge < -0.3 is 5.11 Å². The number of hydrogen-bond donors (Lipinski definition) is 1. The molecule has 0 fully saturated rings. The highest BCUT2D eigenvalue weighted by molar-refractivity contribution is 9.39. The lowest BCUT2D eigenvalue weighted by atomic mass is 10.4. The van der Waals surface area contributed by atoms with Gasteiger partial charge in [-0.15, -0.1) is 0 Å². The summed E-state index contributed by atoms with van der Waals surface area (Å²) in [4.78, 5) is 0. The molecule has 0 aliphatic heterocycles. The van der Waals surface area contributed by atoms with Crippen LogP contribution in [0.2, 0.25) is 0 Å². The fourth-order valence-corrected chi connectivity index (χ4v) is 0. The van der Waals surface area contributed by atoms with Crippen molar-refractivity contribution in [2.75, 3.05) is 6.61 Å². The molecule has 64 valence electrons. The summed E-state index contributed by atoms with van der Waals surface area (Å²) in [5.74, 6) is 0. The predicted octanol–water partition coefficient (Wildman–Crippen LogP) is 3.62. The molecule has 0 radical (unpaired) electrons. The van der Waals surface area contributed by atoms with E-state index in [0.29, 0.717) is 0 Å². The molecule has 4 heteroatoms. The lowest BCUT2D eigenvalue weighted by Gasteiger charge is -2.03. The largest absolute Gasteiger partial charge is 0.393 e. The molecule has 1 nitrogen and oxygen atoms in total. The standard InChI is InChI=1S/C4H10.C2H3Br3O/c1-3-4-2;3-2(4,5)1-6/h3-4H2,1-2H3;6H,1H2. The van der Waals surface area contributed by atoms with Gasteiger partial charge >= 0.3 is 0 Å². The second-order valence-corrected chi connectivity index (χ2v) is 9.03. The van der Waals surface area contributed by atoms with Crippen molar-refractivity contribution in [3.05, 3.63) is 0 Å². The zero-order valence-corrected chi connectivity index (χ0v) is 11.0. The Bertz CT molecular complexity index is 58.5. The summed E-state index contributed by atoms with van der Waals surface area (Å²) in [5, 5.41) is 8.26. The third-order valence-electron chi connectivity index (χ3n) is 0.679. The molecule has 0 aromatic heterocycles. The van der Waals surface area contributed by atoms with Gasteiger partial charge in [0.1, 0.15) is 0 Å². The van der Waals surface area contributed by atoms with E-state index >= 15 is 0 Å². The van der Waals surface area contributed by atoms with E-state index in [9.17, 15) is 0 Å². The Morgan fingerprint density at radius 1 is 1.10 bits per heavy atom. The van der Waals surface area contributed by atoms with Gasteiger partial charge in [0, 0.05) is 0 Å². The maximum Gasteiger partial charge on any atom is 0.157 e. The van der Waals surface area contributed by atoms with Gasteiger partial charge in [-0.05, 0) is 0 Å². The highest BCUT2D eigenvalue weighted by Crippen LogP contribution is 2.31. The van der Waals surface area contributed by atoms with Crippen LogP contribution in [0, 0.1) is 0 Å². The average molecular weight is 341 g/mol. The van der Waals surface area contributed by atoms with Crippen LogP contribution in [0.15, 0.2) is 0 Å². The number of unbranched alkanes of at least 4 members (excludes halogenated alkanes) is 1. The molecule has 0 aliphatic rings. The zero-order chi connectivity index (χ0) is 8.62. The molecule has 0 aromatic carbocycles. The van der Waals surface area contributed by atoms with Gasteiger partial charge in [-0.25, -0.2) is 0 Å². The summed E-state index contributed by atoms with van der Waals surface area (Å²) in [7, 11) is 0. The Hall–Kier alpha value is 1.40. The molecule has 0 amide bonds. The van der Waals surface area contributed by atoms with Gasteiger partial charge in [0.2, 0.25) is 0 Å². The Kier molecular flexibility index (Phi) is 11.9. The first-order chi connectivity index (χ1) is 4.47. The quantitative estimate of drug-likeness (QED) is 0.723. The number of aliphatic hydroxyl groups excluding tert-OH is 1. The van der Waals surface area contributed by atoms with E-state index in [0.717, 1.165) is 0 Å². The van der Waals surface area contributed by atoms with Gasteiger partial charge in [0.05, 0.1) is 6.61 Å². The molecule has 0 rings (SSSR count). The minimum Gasteiger partial charge on any atom is -0.393 e. The van der Waals surface area contributed by atoms with Crippen LogP contribution in [-0.4, -0.2) is 13.9 Å². The first-order valence-electron chi connectivity index (χ1n) is 3.15. The molecule has 0 saturated carbocycles. The smallest absolute Gasteiger partial charge is 0.157 e. The van der Waals surface area contributed by atoms with Crippen LogP contribution in [0.3, 0.4) is 0 Å². The highest BCUT2D eigenvalue weighted by Gasteiger charge is 2.13. The summed E-state index contributed by atoms with van der Waals surface area (Å²) in [6.45, 7) is 4.38. The third kappa shape index (κ3) is 22.7. The zero-order valence-electron chi connectivity index (χ0n) is 6.20. The van der Waals surface area contributed by atoms with E-state index in [1.165, 1.54) is 12.8 Å². The van der Waals surface area contributed by atoms with Gasteiger partial charge in [-0.1, -0.05) is 74.5 Å². The summed E-state index contributed by atoms with van der Waals surface area (Å²) in [5.41, 5.74) is 0. The minimum absolute atomic E-state index is 0.0208. The molecule has 0 aromatic rings. The van der Waals surface area contributed by atoms with Crippen molar-refractivity contribution in [3.8, 4) is 0 Å². The normalized spacial score (nSPS) is 10.2. The fourth-order valence-electron chi connectivity index (χ4n) is 0. The molecular formula is C6H13Br3O. The van der Waals surface area contributed by atoms with Crippen LogP contribution in [0.5, 0.6) is 0 Å². The summed E-state index contributed by atoms with van der Waals surface area (Å²) >= 11 is 9.18. The molecule has 0 heterocycles. The lowest BCUT2D eigenvalue weighted by Crippen LogP contribution is -2.04. The summed E-state index contributed by atoms with van der Waals surface area (Å²) < 4.78 is -0.465. The second kappa shape index (κ2) is 8.50. The molecule has 1 N–H and O–H groups in total. The van der Waals surface area contributed by atoms with Crippen molar-refractivity contribution in [1.82, 2.24) is 0 Å². The average Bonchev–Trinajstić information content (AvgIpc) is 1.87. The Morgan fingerprint density at radius 2 is 1.30 bits per heavy atom. The first-order valence-corrected chi connectivity index (χ1v) is 5.53. The summed E-state index contributed by atoms with van der Waals surface area (Å²) in [6, 6.07) is 0. The maximum absolute atomic E-state index is 8.26. The Morgan fingerprint density at radius 3 is 1.30 bits per heavy atom. The molecular weight excluding hydrogens is 328 g/mol. The van der Waals surface area contributed by atoms with E-state index in [1.54, 1.807) is 0 Å². The van der Waals surface area contributed by atoms with Crippen molar-refractivity contribution >= 4 is 47.8 Å². The van der Waals surface area contributed by atoms with Crippen LogP contribution in [0.4, 0.5) is 0 Å². The van der Waals surface area contributed by atoms with E-state index < -0.39 is 2.14 Å². The molecule has 0 atom stereocenters. The van der Waals surface area contributed by atoms with Crippen LogP contribution >= 0.6 is 47.8 Å². The van der Waals surface area contributed by atoms with Gasteiger partial charge in [-0.3, -0.25) is 0 Å². The highest BCUT2D eigenvalue weighted by atomic mass is 80.0. The second-order valence-electron chi connectivity index (χ2n) is 1.77. The summed E-state index contributed by atoms with van der Waals surface area (Å²) in [6.07, 6.45) is 2.64.